The molecule has 0 aliphatic carbocycles. The summed E-state index contributed by atoms with van der Waals surface area (Å²) in [4.78, 5) is 3.33. The summed E-state index contributed by atoms with van der Waals surface area (Å²) in [5.41, 5.74) is 1.57. The first-order valence-corrected chi connectivity index (χ1v) is 49.0. The molecule has 0 amide bonds. The first kappa shape index (κ1) is 66.9. The summed E-state index contributed by atoms with van der Waals surface area (Å²) >= 11 is -0.671. The zero-order valence-electron chi connectivity index (χ0n) is 49.4. The second-order valence-corrected chi connectivity index (χ2v) is 53.3. The molecular formula is C65H124OS2Sn2. The predicted molar refractivity (Wildman–Crippen MR) is 331 cm³/mol. The van der Waals surface area contributed by atoms with E-state index >= 15 is 0 Å². The quantitative estimate of drug-likeness (QED) is 0.0474. The fourth-order valence-corrected chi connectivity index (χ4v) is 52.9. The van der Waals surface area contributed by atoms with Crippen LogP contribution in [0.25, 0.3) is 9.75 Å². The SMILES string of the molecule is CC.CCCCCCCCCCCCCCCC1(CCCCCCCCCCCCCCC)Oc2c[c]([Sn]([CH2]CCC)([CH2]CCC)[CH2]CCC)sc2-c2s[c]([Sn]([CH2]CCC)([CH2]CCC)[CH2]CCC)cc21. The minimum atomic E-state index is -2.70. The van der Waals surface area contributed by atoms with Crippen molar-refractivity contribution < 1.29 is 4.74 Å². The molecule has 3 rings (SSSR count). The molecule has 0 saturated heterocycles. The third-order valence-electron chi connectivity index (χ3n) is 16.9. The maximum absolute atomic E-state index is 7.99. The Balaban J connectivity index is 0.00000829. The standard InChI is InChI=1S/C39H64OS2.6C4H9.C2H6.2Sn/c1-3-5-7-9-11-13-15-17-19-21-23-25-27-31-39(35-29-33-41-37(35)38-36(40-39)30-34-42-38)32-28-26-24-22-20-18-16-14-12-10-8-6-4-2;6*1-3-4-2;1-2;;/h29-30H,3-28,31-32H2,1-2H3;6*1,3-4H2,2H3;1-2H3;;. The van der Waals surface area contributed by atoms with Gasteiger partial charge >= 0.3 is 357 Å². The Morgan fingerprint density at radius 2 is 0.586 bits per heavy atom. The Morgan fingerprint density at radius 3 is 0.886 bits per heavy atom. The first-order chi connectivity index (χ1) is 34.4. The van der Waals surface area contributed by atoms with Gasteiger partial charge in [0.25, 0.3) is 0 Å². The Bertz CT molecular complexity index is 1400. The van der Waals surface area contributed by atoms with Crippen molar-refractivity contribution in [2.24, 2.45) is 0 Å². The molecule has 0 atom stereocenters. The van der Waals surface area contributed by atoms with Gasteiger partial charge in [-0.25, -0.2) is 0 Å². The zero-order valence-corrected chi connectivity index (χ0v) is 56.7. The summed E-state index contributed by atoms with van der Waals surface area (Å²) in [6.45, 7) is 23.4. The van der Waals surface area contributed by atoms with Gasteiger partial charge in [-0.15, -0.1) is 0 Å². The number of rotatable bonds is 48. The molecule has 0 aromatic carbocycles. The monoisotopic (exact) mass is 1220 g/mol. The van der Waals surface area contributed by atoms with Crippen molar-refractivity contribution in [3.05, 3.63) is 17.7 Å². The van der Waals surface area contributed by atoms with Gasteiger partial charge in [-0.1, -0.05) is 105 Å². The third-order valence-corrected chi connectivity index (χ3v) is 55.7. The van der Waals surface area contributed by atoms with Crippen LogP contribution < -0.4 is 10.5 Å². The number of unbranched alkanes of at least 4 members (excludes halogenated alkanes) is 30. The average Bonchev–Trinajstić information content (AvgIpc) is 4.04. The van der Waals surface area contributed by atoms with Crippen LogP contribution in [0.1, 0.15) is 332 Å². The van der Waals surface area contributed by atoms with Gasteiger partial charge in [-0.3, -0.25) is 0 Å². The van der Waals surface area contributed by atoms with Crippen LogP contribution in [0.5, 0.6) is 5.75 Å². The summed E-state index contributed by atoms with van der Waals surface area (Å²) in [7, 11) is 0. The van der Waals surface area contributed by atoms with Crippen molar-refractivity contribution in [3.63, 3.8) is 0 Å². The molecule has 0 saturated carbocycles. The molecule has 0 fully saturated rings. The number of thiophene rings is 2. The number of hydrogen-bond donors (Lipinski definition) is 0. The van der Waals surface area contributed by atoms with Crippen LogP contribution in [0.4, 0.5) is 0 Å². The van der Waals surface area contributed by atoms with Crippen LogP contribution >= 0.6 is 22.7 Å². The fraction of sp³-hybridized carbons (Fsp3) is 0.877. The predicted octanol–water partition coefficient (Wildman–Crippen LogP) is 24.2. The van der Waals surface area contributed by atoms with E-state index in [1.807, 2.05) is 19.6 Å². The van der Waals surface area contributed by atoms with Crippen LogP contribution in [0.2, 0.25) is 26.6 Å². The average molecular weight is 1220 g/mol. The van der Waals surface area contributed by atoms with Gasteiger partial charge in [0.15, 0.2) is 0 Å². The van der Waals surface area contributed by atoms with Crippen LogP contribution in [0.3, 0.4) is 0 Å². The van der Waals surface area contributed by atoms with E-state index in [2.05, 4.69) is 90.2 Å². The molecule has 0 spiro atoms. The van der Waals surface area contributed by atoms with Gasteiger partial charge in [-0.05, 0) is 0 Å². The van der Waals surface area contributed by atoms with E-state index < -0.39 is 36.8 Å². The molecule has 2 aromatic heterocycles. The molecule has 0 bridgehead atoms. The van der Waals surface area contributed by atoms with E-state index in [9.17, 15) is 0 Å². The van der Waals surface area contributed by atoms with E-state index in [4.69, 9.17) is 4.74 Å². The van der Waals surface area contributed by atoms with Crippen molar-refractivity contribution in [2.75, 3.05) is 0 Å². The molecule has 5 heteroatoms. The first-order valence-electron chi connectivity index (χ1n) is 32.4. The second-order valence-electron chi connectivity index (χ2n) is 22.9. The molecule has 410 valence electrons. The summed E-state index contributed by atoms with van der Waals surface area (Å²) in [6.07, 6.45) is 56.3. The van der Waals surface area contributed by atoms with Crippen LogP contribution in [0, 0.1) is 0 Å². The van der Waals surface area contributed by atoms with E-state index in [1.165, 1.54) is 263 Å². The van der Waals surface area contributed by atoms with E-state index in [1.54, 1.807) is 41.9 Å². The molecule has 1 aliphatic rings. The maximum atomic E-state index is 7.99. The summed E-state index contributed by atoms with van der Waals surface area (Å²) in [5, 5.41) is 0. The van der Waals surface area contributed by atoms with Crippen molar-refractivity contribution >= 4 is 65.2 Å². The van der Waals surface area contributed by atoms with Gasteiger partial charge < -0.3 is 0 Å². The molecule has 1 aliphatic heterocycles. The van der Waals surface area contributed by atoms with Crippen molar-refractivity contribution in [2.45, 2.75) is 358 Å². The van der Waals surface area contributed by atoms with Crippen LogP contribution in [-0.4, -0.2) is 36.8 Å². The summed E-state index contributed by atoms with van der Waals surface area (Å²) in [5.74, 6) is 1.36. The van der Waals surface area contributed by atoms with Gasteiger partial charge in [0.05, 0.1) is 0 Å². The molecule has 0 N–H and O–H groups in total. The molecular weight excluding hydrogens is 1100 g/mol. The topological polar surface area (TPSA) is 9.23 Å². The molecule has 0 unspecified atom stereocenters. The van der Waals surface area contributed by atoms with Crippen molar-refractivity contribution in [1.29, 1.82) is 0 Å². The van der Waals surface area contributed by atoms with Gasteiger partial charge in [-0.2, -0.15) is 0 Å². The van der Waals surface area contributed by atoms with E-state index in [-0.39, 0.29) is 5.60 Å². The number of hydrogen-bond acceptors (Lipinski definition) is 3. The third kappa shape index (κ3) is 24.4. The second kappa shape index (κ2) is 42.9. The molecule has 3 heterocycles. The molecule has 70 heavy (non-hydrogen) atoms. The van der Waals surface area contributed by atoms with Gasteiger partial charge in [0, 0.05) is 0 Å². The zero-order chi connectivity index (χ0) is 51.0. The van der Waals surface area contributed by atoms with E-state index in [0.717, 1.165) is 0 Å². The summed E-state index contributed by atoms with van der Waals surface area (Å²) in [6, 6.07) is 5.73. The Kier molecular flexibility index (Phi) is 41.0. The van der Waals surface area contributed by atoms with Crippen molar-refractivity contribution in [3.8, 4) is 15.5 Å². The Hall–Kier alpha value is 0.797. The molecule has 0 radical (unpaired) electrons. The normalized spacial score (nSPS) is 13.3. The van der Waals surface area contributed by atoms with Crippen LogP contribution in [-0.2, 0) is 5.60 Å². The van der Waals surface area contributed by atoms with Gasteiger partial charge in [0.2, 0.25) is 0 Å². The van der Waals surface area contributed by atoms with Gasteiger partial charge in [0.1, 0.15) is 0 Å². The molecule has 1 nitrogen and oxygen atoms in total. The fourth-order valence-electron chi connectivity index (χ4n) is 12.2. The number of fused-ring (bicyclic) bond motifs is 3. The minimum absolute atomic E-state index is 0.142. The Morgan fingerprint density at radius 1 is 0.329 bits per heavy atom. The van der Waals surface area contributed by atoms with Crippen LogP contribution in [0.15, 0.2) is 12.1 Å². The molecule has 2 aromatic rings. The summed E-state index contributed by atoms with van der Waals surface area (Å²) < 4.78 is 21.2. The van der Waals surface area contributed by atoms with Crippen molar-refractivity contribution in [1.82, 2.24) is 0 Å². The van der Waals surface area contributed by atoms with E-state index in [0.29, 0.717) is 0 Å². The Labute approximate surface area is 457 Å². The number of ether oxygens (including phenoxy) is 1.